The minimum atomic E-state index is -0.464. The number of phenols is 1. The van der Waals surface area contributed by atoms with E-state index in [4.69, 9.17) is 0 Å². The fourth-order valence-electron chi connectivity index (χ4n) is 3.01. The van der Waals surface area contributed by atoms with Crippen LogP contribution in [0, 0.1) is 5.82 Å². The molecule has 0 saturated heterocycles. The number of carbonyl (C=O) groups is 1. The lowest BCUT2D eigenvalue weighted by Gasteiger charge is -2.38. The Morgan fingerprint density at radius 1 is 0.920 bits per heavy atom. The first kappa shape index (κ1) is 15.2. The summed E-state index contributed by atoms with van der Waals surface area (Å²) < 4.78 is 13.3. The lowest BCUT2D eigenvalue weighted by molar-refractivity contribution is 0.0975. The first-order valence-electron chi connectivity index (χ1n) is 7.87. The normalized spacial score (nSPS) is 16.3. The van der Waals surface area contributed by atoms with E-state index in [1.54, 1.807) is 47.4 Å². The summed E-state index contributed by atoms with van der Waals surface area (Å²) in [7, 11) is 0. The Morgan fingerprint density at radius 2 is 1.60 bits per heavy atom. The first-order valence-corrected chi connectivity index (χ1v) is 7.87. The number of aromatic hydroxyl groups is 1. The summed E-state index contributed by atoms with van der Waals surface area (Å²) >= 11 is 0. The maximum atomic E-state index is 13.3. The molecule has 0 radical (unpaired) electrons. The molecule has 3 aromatic rings. The van der Waals surface area contributed by atoms with E-state index in [1.165, 1.54) is 12.1 Å². The van der Waals surface area contributed by atoms with Crippen molar-refractivity contribution in [1.29, 1.82) is 0 Å². The van der Waals surface area contributed by atoms with E-state index in [0.717, 1.165) is 11.3 Å². The summed E-state index contributed by atoms with van der Waals surface area (Å²) in [5.74, 6) is -0.374. The van der Waals surface area contributed by atoms with E-state index >= 15 is 0 Å². The van der Waals surface area contributed by atoms with Gasteiger partial charge >= 0.3 is 0 Å². The summed E-state index contributed by atoms with van der Waals surface area (Å²) in [5, 5.41) is 12.9. The van der Waals surface area contributed by atoms with Crippen LogP contribution in [0.1, 0.15) is 22.1 Å². The molecule has 5 heteroatoms. The lowest BCUT2D eigenvalue weighted by atomic mass is 10.0. The monoisotopic (exact) mass is 334 g/mol. The number of anilines is 2. The van der Waals surface area contributed by atoms with E-state index in [0.29, 0.717) is 11.3 Å². The van der Waals surface area contributed by atoms with Crippen LogP contribution < -0.4 is 10.2 Å². The van der Waals surface area contributed by atoms with E-state index in [-0.39, 0.29) is 17.5 Å². The van der Waals surface area contributed by atoms with Gasteiger partial charge < -0.3 is 10.4 Å². The minimum absolute atomic E-state index is 0.152. The van der Waals surface area contributed by atoms with Crippen LogP contribution in [0.25, 0.3) is 0 Å². The predicted octanol–water partition coefficient (Wildman–Crippen LogP) is 4.30. The largest absolute Gasteiger partial charge is 0.508 e. The van der Waals surface area contributed by atoms with Gasteiger partial charge in [0.15, 0.2) is 0 Å². The van der Waals surface area contributed by atoms with Crippen LogP contribution in [0.2, 0.25) is 0 Å². The van der Waals surface area contributed by atoms with Gasteiger partial charge in [0.1, 0.15) is 17.7 Å². The summed E-state index contributed by atoms with van der Waals surface area (Å²) in [4.78, 5) is 14.7. The number of fused-ring (bicyclic) bond motifs is 1. The van der Waals surface area contributed by atoms with Crippen LogP contribution >= 0.6 is 0 Å². The minimum Gasteiger partial charge on any atom is -0.508 e. The number of nitrogens with zero attached hydrogens (tertiary/aromatic N) is 1. The number of nitrogens with one attached hydrogen (secondary N) is 1. The number of amides is 1. The van der Waals surface area contributed by atoms with Crippen molar-refractivity contribution in [3.05, 3.63) is 89.7 Å². The maximum absolute atomic E-state index is 13.3. The summed E-state index contributed by atoms with van der Waals surface area (Å²) in [6.07, 6.45) is -0.464. The molecule has 2 N–H and O–H groups in total. The molecule has 3 aromatic carbocycles. The molecule has 0 aromatic heterocycles. The van der Waals surface area contributed by atoms with Gasteiger partial charge in [-0.1, -0.05) is 24.3 Å². The highest BCUT2D eigenvalue weighted by Crippen LogP contribution is 2.36. The van der Waals surface area contributed by atoms with Gasteiger partial charge in [-0.3, -0.25) is 9.69 Å². The van der Waals surface area contributed by atoms with Crippen molar-refractivity contribution in [2.75, 3.05) is 10.2 Å². The Kier molecular flexibility index (Phi) is 3.61. The van der Waals surface area contributed by atoms with Gasteiger partial charge in [-0.25, -0.2) is 4.39 Å². The average molecular weight is 334 g/mol. The highest BCUT2D eigenvalue weighted by atomic mass is 19.1. The van der Waals surface area contributed by atoms with Gasteiger partial charge in [0.2, 0.25) is 0 Å². The molecule has 1 heterocycles. The van der Waals surface area contributed by atoms with Crippen molar-refractivity contribution in [1.82, 2.24) is 0 Å². The molecule has 0 fully saturated rings. The predicted molar refractivity (Wildman–Crippen MR) is 94.1 cm³/mol. The molecule has 0 bridgehead atoms. The molecule has 0 spiro atoms. The van der Waals surface area contributed by atoms with Crippen LogP contribution in [-0.2, 0) is 0 Å². The Bertz CT molecular complexity index is 923. The van der Waals surface area contributed by atoms with Gasteiger partial charge in [0.05, 0.1) is 5.56 Å². The van der Waals surface area contributed by atoms with Gasteiger partial charge in [0, 0.05) is 11.4 Å². The quantitative estimate of drug-likeness (QED) is 0.734. The topological polar surface area (TPSA) is 52.6 Å². The number of rotatable bonds is 2. The molecule has 1 aliphatic heterocycles. The number of benzene rings is 3. The molecule has 0 saturated carbocycles. The Labute approximate surface area is 144 Å². The van der Waals surface area contributed by atoms with Crippen LogP contribution in [0.5, 0.6) is 5.75 Å². The zero-order chi connectivity index (χ0) is 17.4. The zero-order valence-corrected chi connectivity index (χ0v) is 13.2. The molecular formula is C20H15FN2O2. The number of hydrogen-bond donors (Lipinski definition) is 2. The highest BCUT2D eigenvalue weighted by molar-refractivity contribution is 6.12. The van der Waals surface area contributed by atoms with Crippen molar-refractivity contribution in [2.45, 2.75) is 6.17 Å². The molecule has 0 aliphatic carbocycles. The van der Waals surface area contributed by atoms with Gasteiger partial charge in [-0.15, -0.1) is 0 Å². The summed E-state index contributed by atoms with van der Waals surface area (Å²) in [5.41, 5.74) is 2.70. The SMILES string of the molecule is O=C1c2ccccc2N[C@H](c2ccc(O)cc2)N1c1ccc(F)cc1. The van der Waals surface area contributed by atoms with E-state index in [9.17, 15) is 14.3 Å². The number of para-hydroxylation sites is 1. The Morgan fingerprint density at radius 3 is 2.32 bits per heavy atom. The summed E-state index contributed by atoms with van der Waals surface area (Å²) in [6, 6.07) is 19.8. The molecular weight excluding hydrogens is 319 g/mol. The zero-order valence-electron chi connectivity index (χ0n) is 13.2. The number of hydrogen-bond acceptors (Lipinski definition) is 3. The van der Waals surface area contributed by atoms with E-state index in [1.807, 2.05) is 18.2 Å². The standard InChI is InChI=1S/C20H15FN2O2/c21-14-7-9-15(10-8-14)23-19(13-5-11-16(24)12-6-13)22-18-4-2-1-3-17(18)20(23)25/h1-12,19,22,24H/t19-/m0/s1. The summed E-state index contributed by atoms with van der Waals surface area (Å²) in [6.45, 7) is 0. The van der Waals surface area contributed by atoms with Gasteiger partial charge in [-0.05, 0) is 54.1 Å². The van der Waals surface area contributed by atoms with Crippen molar-refractivity contribution in [2.24, 2.45) is 0 Å². The van der Waals surface area contributed by atoms with Crippen molar-refractivity contribution < 1.29 is 14.3 Å². The van der Waals surface area contributed by atoms with Crippen LogP contribution in [0.4, 0.5) is 15.8 Å². The van der Waals surface area contributed by atoms with Crippen molar-refractivity contribution in [3.8, 4) is 5.75 Å². The first-order chi connectivity index (χ1) is 12.1. The van der Waals surface area contributed by atoms with Gasteiger partial charge in [-0.2, -0.15) is 0 Å². The van der Waals surface area contributed by atoms with E-state index < -0.39 is 6.17 Å². The molecule has 25 heavy (non-hydrogen) atoms. The van der Waals surface area contributed by atoms with E-state index in [2.05, 4.69) is 5.32 Å². The molecule has 1 amide bonds. The molecule has 4 nitrogen and oxygen atoms in total. The van der Waals surface area contributed by atoms with Gasteiger partial charge in [0.25, 0.3) is 5.91 Å². The van der Waals surface area contributed by atoms with Crippen LogP contribution in [0.3, 0.4) is 0 Å². The molecule has 124 valence electrons. The number of carbonyl (C=O) groups excluding carboxylic acids is 1. The average Bonchev–Trinajstić information content (AvgIpc) is 2.63. The number of halogens is 1. The maximum Gasteiger partial charge on any atom is 0.262 e. The second kappa shape index (κ2) is 5.94. The lowest BCUT2D eigenvalue weighted by Crippen LogP contribution is -2.43. The van der Waals surface area contributed by atoms with Crippen molar-refractivity contribution >= 4 is 17.3 Å². The van der Waals surface area contributed by atoms with Crippen LogP contribution in [-0.4, -0.2) is 11.0 Å². The smallest absolute Gasteiger partial charge is 0.262 e. The molecule has 1 atom stereocenters. The Hall–Kier alpha value is -3.34. The molecule has 1 aliphatic rings. The van der Waals surface area contributed by atoms with Crippen molar-refractivity contribution in [3.63, 3.8) is 0 Å². The highest BCUT2D eigenvalue weighted by Gasteiger charge is 2.33. The third kappa shape index (κ3) is 2.70. The molecule has 4 rings (SSSR count). The third-order valence-corrected chi connectivity index (χ3v) is 4.24. The fourth-order valence-corrected chi connectivity index (χ4v) is 3.01. The molecule has 0 unspecified atom stereocenters. The number of phenolic OH excluding ortho intramolecular Hbond substituents is 1. The third-order valence-electron chi connectivity index (χ3n) is 4.24. The fraction of sp³-hybridized carbons (Fsp3) is 0.0500. The second-order valence-corrected chi connectivity index (χ2v) is 5.84. The van der Waals surface area contributed by atoms with Crippen LogP contribution in [0.15, 0.2) is 72.8 Å². The Balaban J connectivity index is 1.85. The second-order valence-electron chi connectivity index (χ2n) is 5.84.